The standard InChI is InChI=1S/C21H17FN2OS/c1-13-3-7-16(8-4-13)18-14(2)26-20-19(18)21(25)24(12-23-20)11-15-5-9-17(22)10-6-15/h3-10,12H,11H2,1-2H3. The summed E-state index contributed by atoms with van der Waals surface area (Å²) in [5, 5.41) is 0.654. The van der Waals surface area contributed by atoms with E-state index in [0.29, 0.717) is 11.9 Å². The van der Waals surface area contributed by atoms with Crippen LogP contribution in [0.1, 0.15) is 16.0 Å². The maximum Gasteiger partial charge on any atom is 0.263 e. The highest BCUT2D eigenvalue weighted by molar-refractivity contribution is 7.19. The summed E-state index contributed by atoms with van der Waals surface area (Å²) >= 11 is 1.53. The first-order valence-corrected chi connectivity index (χ1v) is 9.14. The average Bonchev–Trinajstić information content (AvgIpc) is 2.97. The van der Waals surface area contributed by atoms with Crippen molar-refractivity contribution in [2.24, 2.45) is 0 Å². The van der Waals surface area contributed by atoms with E-state index in [2.05, 4.69) is 4.98 Å². The molecule has 0 amide bonds. The minimum absolute atomic E-state index is 0.0701. The predicted octanol–water partition coefficient (Wildman–Crippen LogP) is 4.93. The Morgan fingerprint density at radius 3 is 2.42 bits per heavy atom. The lowest BCUT2D eigenvalue weighted by Crippen LogP contribution is -2.21. The van der Waals surface area contributed by atoms with Gasteiger partial charge in [0.05, 0.1) is 18.3 Å². The number of thiophene rings is 1. The van der Waals surface area contributed by atoms with E-state index in [4.69, 9.17) is 0 Å². The number of benzene rings is 2. The van der Waals surface area contributed by atoms with Gasteiger partial charge in [0.2, 0.25) is 0 Å². The Bertz CT molecular complexity index is 1140. The zero-order valence-corrected chi connectivity index (χ0v) is 15.3. The van der Waals surface area contributed by atoms with E-state index in [-0.39, 0.29) is 11.4 Å². The summed E-state index contributed by atoms with van der Waals surface area (Å²) in [6.45, 7) is 4.43. The Kier molecular flexibility index (Phi) is 4.17. The van der Waals surface area contributed by atoms with Gasteiger partial charge in [-0.2, -0.15) is 0 Å². The second-order valence-corrected chi connectivity index (χ2v) is 7.59. The Morgan fingerprint density at radius 2 is 1.73 bits per heavy atom. The summed E-state index contributed by atoms with van der Waals surface area (Å²) in [4.78, 5) is 19.4. The van der Waals surface area contributed by atoms with Gasteiger partial charge in [0.1, 0.15) is 10.6 Å². The topological polar surface area (TPSA) is 34.9 Å². The maximum absolute atomic E-state index is 13.1. The van der Waals surface area contributed by atoms with Crippen molar-refractivity contribution in [2.45, 2.75) is 20.4 Å². The second-order valence-electron chi connectivity index (χ2n) is 6.38. The summed E-state index contributed by atoms with van der Waals surface area (Å²) in [5.41, 5.74) is 3.95. The third-order valence-corrected chi connectivity index (χ3v) is 5.47. The average molecular weight is 364 g/mol. The quantitative estimate of drug-likeness (QED) is 0.517. The van der Waals surface area contributed by atoms with Crippen LogP contribution in [0.2, 0.25) is 0 Å². The molecule has 2 aromatic carbocycles. The van der Waals surface area contributed by atoms with Crippen LogP contribution >= 0.6 is 11.3 Å². The van der Waals surface area contributed by atoms with Crippen LogP contribution in [-0.2, 0) is 6.54 Å². The molecule has 0 aliphatic carbocycles. The van der Waals surface area contributed by atoms with E-state index in [1.54, 1.807) is 23.0 Å². The molecule has 3 nitrogen and oxygen atoms in total. The maximum atomic E-state index is 13.1. The largest absolute Gasteiger partial charge is 0.294 e. The minimum Gasteiger partial charge on any atom is -0.294 e. The Hall–Kier alpha value is -2.79. The first-order chi connectivity index (χ1) is 12.5. The molecule has 0 N–H and O–H groups in total. The van der Waals surface area contributed by atoms with Crippen molar-refractivity contribution < 1.29 is 4.39 Å². The number of halogens is 1. The van der Waals surface area contributed by atoms with Gasteiger partial charge in [0.25, 0.3) is 5.56 Å². The van der Waals surface area contributed by atoms with Crippen LogP contribution in [0.15, 0.2) is 59.7 Å². The normalized spacial score (nSPS) is 11.2. The van der Waals surface area contributed by atoms with E-state index in [1.165, 1.54) is 29.0 Å². The summed E-state index contributed by atoms with van der Waals surface area (Å²) < 4.78 is 14.7. The van der Waals surface area contributed by atoms with E-state index >= 15 is 0 Å². The molecule has 0 aliphatic heterocycles. The lowest BCUT2D eigenvalue weighted by atomic mass is 10.0. The molecule has 4 aromatic rings. The lowest BCUT2D eigenvalue weighted by molar-refractivity contribution is 0.626. The first kappa shape index (κ1) is 16.7. The van der Waals surface area contributed by atoms with E-state index in [0.717, 1.165) is 26.4 Å². The van der Waals surface area contributed by atoms with Crippen molar-refractivity contribution >= 4 is 21.6 Å². The summed E-state index contributed by atoms with van der Waals surface area (Å²) in [6, 6.07) is 14.4. The molecule has 2 aromatic heterocycles. The van der Waals surface area contributed by atoms with Crippen molar-refractivity contribution in [1.82, 2.24) is 9.55 Å². The van der Waals surface area contributed by atoms with Crippen LogP contribution < -0.4 is 5.56 Å². The summed E-state index contributed by atoms with van der Waals surface area (Å²) in [5.74, 6) is -0.287. The number of nitrogens with zero attached hydrogens (tertiary/aromatic N) is 2. The van der Waals surface area contributed by atoms with Crippen molar-refractivity contribution in [3.05, 3.63) is 87.0 Å². The van der Waals surface area contributed by atoms with E-state index in [9.17, 15) is 9.18 Å². The van der Waals surface area contributed by atoms with Crippen LogP contribution in [0.4, 0.5) is 4.39 Å². The molecule has 0 saturated carbocycles. The third kappa shape index (κ3) is 2.95. The van der Waals surface area contributed by atoms with Crippen LogP contribution in [-0.4, -0.2) is 9.55 Å². The van der Waals surface area contributed by atoms with Crippen LogP contribution in [0, 0.1) is 19.7 Å². The fraction of sp³-hybridized carbons (Fsp3) is 0.143. The molecule has 0 unspecified atom stereocenters. The Morgan fingerprint density at radius 1 is 1.04 bits per heavy atom. The second kappa shape index (κ2) is 6.50. The lowest BCUT2D eigenvalue weighted by Gasteiger charge is -2.07. The van der Waals surface area contributed by atoms with Gasteiger partial charge in [-0.1, -0.05) is 42.0 Å². The molecule has 130 valence electrons. The van der Waals surface area contributed by atoms with Gasteiger partial charge >= 0.3 is 0 Å². The molecule has 26 heavy (non-hydrogen) atoms. The molecule has 0 fully saturated rings. The van der Waals surface area contributed by atoms with E-state index < -0.39 is 0 Å². The van der Waals surface area contributed by atoms with E-state index in [1.807, 2.05) is 38.1 Å². The van der Waals surface area contributed by atoms with Gasteiger partial charge in [-0.15, -0.1) is 11.3 Å². The van der Waals surface area contributed by atoms with Crippen molar-refractivity contribution in [3.63, 3.8) is 0 Å². The highest BCUT2D eigenvalue weighted by Crippen LogP contribution is 2.35. The molecule has 4 rings (SSSR count). The van der Waals surface area contributed by atoms with Crippen molar-refractivity contribution in [2.75, 3.05) is 0 Å². The molecule has 0 saturated heterocycles. The van der Waals surface area contributed by atoms with Gasteiger partial charge in [0, 0.05) is 10.4 Å². The van der Waals surface area contributed by atoms with Crippen LogP contribution in [0.25, 0.3) is 21.3 Å². The highest BCUT2D eigenvalue weighted by atomic mass is 32.1. The fourth-order valence-electron chi connectivity index (χ4n) is 3.10. The van der Waals surface area contributed by atoms with Crippen LogP contribution in [0.5, 0.6) is 0 Å². The number of fused-ring (bicyclic) bond motifs is 1. The molecule has 0 aliphatic rings. The molecule has 0 spiro atoms. The SMILES string of the molecule is Cc1ccc(-c2c(C)sc3ncn(Cc4ccc(F)cc4)c(=O)c23)cc1. The Balaban J connectivity index is 1.86. The van der Waals surface area contributed by atoms with Crippen LogP contribution in [0.3, 0.4) is 0 Å². The monoisotopic (exact) mass is 364 g/mol. The number of aromatic nitrogens is 2. The zero-order valence-electron chi connectivity index (χ0n) is 14.5. The number of hydrogen-bond donors (Lipinski definition) is 0. The zero-order chi connectivity index (χ0) is 18.3. The van der Waals surface area contributed by atoms with Gasteiger partial charge in [0.15, 0.2) is 0 Å². The summed E-state index contributed by atoms with van der Waals surface area (Å²) in [7, 11) is 0. The highest BCUT2D eigenvalue weighted by Gasteiger charge is 2.17. The predicted molar refractivity (Wildman–Crippen MR) is 104 cm³/mol. The third-order valence-electron chi connectivity index (χ3n) is 4.46. The van der Waals surface area contributed by atoms with Crippen molar-refractivity contribution in [1.29, 1.82) is 0 Å². The smallest absolute Gasteiger partial charge is 0.263 e. The molecule has 5 heteroatoms. The number of rotatable bonds is 3. The van der Waals surface area contributed by atoms with Gasteiger partial charge in [-0.05, 0) is 37.1 Å². The molecule has 0 atom stereocenters. The Labute approximate surface area is 154 Å². The van der Waals surface area contributed by atoms with Gasteiger partial charge in [-0.3, -0.25) is 9.36 Å². The number of aryl methyl sites for hydroxylation is 2. The molecular formula is C21H17FN2OS. The molecule has 0 bridgehead atoms. The number of hydrogen-bond acceptors (Lipinski definition) is 3. The molecular weight excluding hydrogens is 347 g/mol. The summed E-state index contributed by atoms with van der Waals surface area (Å²) in [6.07, 6.45) is 1.57. The fourth-order valence-corrected chi connectivity index (χ4v) is 4.11. The first-order valence-electron chi connectivity index (χ1n) is 8.33. The minimum atomic E-state index is -0.287. The van der Waals surface area contributed by atoms with Gasteiger partial charge < -0.3 is 0 Å². The molecule has 0 radical (unpaired) electrons. The van der Waals surface area contributed by atoms with Gasteiger partial charge in [-0.25, -0.2) is 9.37 Å². The van der Waals surface area contributed by atoms with Crippen molar-refractivity contribution in [3.8, 4) is 11.1 Å². The molecule has 2 heterocycles.